The lowest BCUT2D eigenvalue weighted by Crippen LogP contribution is -2.04. The van der Waals surface area contributed by atoms with Gasteiger partial charge in [0.15, 0.2) is 0 Å². The predicted molar refractivity (Wildman–Crippen MR) is 79.5 cm³/mol. The third-order valence-electron chi connectivity index (χ3n) is 3.63. The quantitative estimate of drug-likeness (QED) is 0.681. The fraction of sp³-hybridized carbons (Fsp3) is 0.294. The number of aryl methyl sites for hydroxylation is 2. The van der Waals surface area contributed by atoms with Crippen LogP contribution in [0.1, 0.15) is 41.5 Å². The van der Waals surface area contributed by atoms with Crippen LogP contribution < -0.4 is 0 Å². The molecule has 19 heavy (non-hydrogen) atoms. The minimum atomic E-state index is -0.175. The van der Waals surface area contributed by atoms with Crippen molar-refractivity contribution in [3.05, 3.63) is 69.5 Å². The first kappa shape index (κ1) is 14.1. The molecule has 0 N–H and O–H groups in total. The molecule has 1 atom stereocenters. The smallest absolute Gasteiger partial charge is 0.123 e. The molecule has 0 saturated carbocycles. The second kappa shape index (κ2) is 5.75. The lowest BCUT2D eigenvalue weighted by atomic mass is 9.84. The first-order chi connectivity index (χ1) is 9.02. The zero-order valence-corrected chi connectivity index (χ0v) is 12.3. The Kier molecular flexibility index (Phi) is 4.26. The van der Waals surface area contributed by atoms with Crippen molar-refractivity contribution in [3.63, 3.8) is 0 Å². The molecule has 2 heteroatoms. The fourth-order valence-electron chi connectivity index (χ4n) is 2.62. The summed E-state index contributed by atoms with van der Waals surface area (Å²) in [7, 11) is 0. The van der Waals surface area contributed by atoms with E-state index in [1.54, 1.807) is 6.07 Å². The number of halogens is 2. The Labute approximate surface area is 119 Å². The third kappa shape index (κ3) is 2.98. The van der Waals surface area contributed by atoms with E-state index in [0.717, 1.165) is 28.1 Å². The van der Waals surface area contributed by atoms with Crippen molar-refractivity contribution in [2.24, 2.45) is 0 Å². The summed E-state index contributed by atoms with van der Waals surface area (Å²) in [4.78, 5) is 0. The molecule has 0 aliphatic heterocycles. The molecule has 0 amide bonds. The second-order valence-corrected chi connectivity index (χ2v) is 5.40. The Morgan fingerprint density at radius 2 is 1.74 bits per heavy atom. The van der Waals surface area contributed by atoms with E-state index in [1.807, 2.05) is 25.1 Å². The molecule has 100 valence electrons. The van der Waals surface area contributed by atoms with E-state index < -0.39 is 0 Å². The Morgan fingerprint density at radius 3 is 2.37 bits per heavy atom. The zero-order chi connectivity index (χ0) is 14.0. The summed E-state index contributed by atoms with van der Waals surface area (Å²) < 4.78 is 13.5. The van der Waals surface area contributed by atoms with Crippen LogP contribution in [0.15, 0.2) is 36.4 Å². The van der Waals surface area contributed by atoms with Gasteiger partial charge in [0.1, 0.15) is 5.82 Å². The highest BCUT2D eigenvalue weighted by Gasteiger charge is 2.17. The van der Waals surface area contributed by atoms with Gasteiger partial charge < -0.3 is 0 Å². The molecule has 0 aromatic heterocycles. The van der Waals surface area contributed by atoms with Gasteiger partial charge in [-0.15, -0.1) is 0 Å². The zero-order valence-electron chi connectivity index (χ0n) is 11.5. The first-order valence-corrected chi connectivity index (χ1v) is 6.92. The Hall–Kier alpha value is -1.34. The van der Waals surface area contributed by atoms with Crippen LogP contribution in [0.5, 0.6) is 0 Å². The molecule has 2 aromatic rings. The van der Waals surface area contributed by atoms with Gasteiger partial charge in [0, 0.05) is 10.9 Å². The second-order valence-electron chi connectivity index (χ2n) is 4.96. The molecule has 0 nitrogen and oxygen atoms in total. The summed E-state index contributed by atoms with van der Waals surface area (Å²) >= 11 is 6.01. The lowest BCUT2D eigenvalue weighted by Gasteiger charge is -2.20. The van der Waals surface area contributed by atoms with E-state index in [-0.39, 0.29) is 11.7 Å². The molecule has 0 spiro atoms. The molecule has 1 unspecified atom stereocenters. The summed E-state index contributed by atoms with van der Waals surface area (Å²) in [5.74, 6) is 0.0404. The van der Waals surface area contributed by atoms with Crippen molar-refractivity contribution < 1.29 is 4.39 Å². The molecule has 0 heterocycles. The molecule has 0 bridgehead atoms. The van der Waals surface area contributed by atoms with Gasteiger partial charge in [0.2, 0.25) is 0 Å². The maximum Gasteiger partial charge on any atom is 0.123 e. The SMILES string of the molecule is CCC(c1ccc(Cl)cc1C)c1cc(F)ccc1C. The van der Waals surface area contributed by atoms with E-state index in [1.165, 1.54) is 11.6 Å². The van der Waals surface area contributed by atoms with E-state index in [4.69, 9.17) is 11.6 Å². The molecular weight excluding hydrogens is 259 g/mol. The van der Waals surface area contributed by atoms with Crippen molar-refractivity contribution in [3.8, 4) is 0 Å². The minimum absolute atomic E-state index is 0.175. The Bertz CT molecular complexity index is 590. The molecule has 2 rings (SSSR count). The minimum Gasteiger partial charge on any atom is -0.207 e. The van der Waals surface area contributed by atoms with Gasteiger partial charge in [-0.2, -0.15) is 0 Å². The van der Waals surface area contributed by atoms with Crippen LogP contribution in [0.2, 0.25) is 5.02 Å². The standard InChI is InChI=1S/C17H18ClF/c1-4-15(16-8-6-13(18)9-12(16)3)17-10-14(19)7-5-11(17)2/h5-10,15H,4H2,1-3H3. The van der Waals surface area contributed by atoms with Gasteiger partial charge in [-0.25, -0.2) is 4.39 Å². The Morgan fingerprint density at radius 1 is 1.00 bits per heavy atom. The van der Waals surface area contributed by atoms with Gasteiger partial charge in [-0.1, -0.05) is 30.7 Å². The first-order valence-electron chi connectivity index (χ1n) is 6.55. The molecule has 0 radical (unpaired) electrons. The summed E-state index contributed by atoms with van der Waals surface area (Å²) in [6.45, 7) is 6.21. The summed E-state index contributed by atoms with van der Waals surface area (Å²) in [6, 6.07) is 10.9. The lowest BCUT2D eigenvalue weighted by molar-refractivity contribution is 0.621. The number of hydrogen-bond donors (Lipinski definition) is 0. The highest BCUT2D eigenvalue weighted by Crippen LogP contribution is 2.33. The van der Waals surface area contributed by atoms with Crippen molar-refractivity contribution in [2.75, 3.05) is 0 Å². The van der Waals surface area contributed by atoms with Crippen molar-refractivity contribution in [1.82, 2.24) is 0 Å². The fourth-order valence-corrected chi connectivity index (χ4v) is 2.85. The van der Waals surface area contributed by atoms with Crippen LogP contribution >= 0.6 is 11.6 Å². The molecule has 0 aliphatic carbocycles. The number of hydrogen-bond acceptors (Lipinski definition) is 0. The van der Waals surface area contributed by atoms with Crippen molar-refractivity contribution in [1.29, 1.82) is 0 Å². The molecule has 0 aliphatic rings. The predicted octanol–water partition coefficient (Wildman–Crippen LogP) is 5.64. The van der Waals surface area contributed by atoms with Crippen LogP contribution in [0.4, 0.5) is 4.39 Å². The van der Waals surface area contributed by atoms with Gasteiger partial charge in [0.25, 0.3) is 0 Å². The van der Waals surface area contributed by atoms with E-state index in [0.29, 0.717) is 0 Å². The maximum atomic E-state index is 13.5. The summed E-state index contributed by atoms with van der Waals surface area (Å²) in [5.41, 5.74) is 4.57. The summed E-state index contributed by atoms with van der Waals surface area (Å²) in [5, 5.41) is 0.743. The largest absolute Gasteiger partial charge is 0.207 e. The highest BCUT2D eigenvalue weighted by atomic mass is 35.5. The van der Waals surface area contributed by atoms with Crippen LogP contribution in [0, 0.1) is 19.7 Å². The summed E-state index contributed by atoms with van der Waals surface area (Å²) in [6.07, 6.45) is 0.937. The van der Waals surface area contributed by atoms with Crippen LogP contribution in [-0.2, 0) is 0 Å². The highest BCUT2D eigenvalue weighted by molar-refractivity contribution is 6.30. The third-order valence-corrected chi connectivity index (χ3v) is 3.87. The molecule has 2 aromatic carbocycles. The normalized spacial score (nSPS) is 12.5. The van der Waals surface area contributed by atoms with Gasteiger partial charge in [-0.3, -0.25) is 0 Å². The molecule has 0 fully saturated rings. The Balaban J connectivity index is 2.52. The maximum absolute atomic E-state index is 13.5. The van der Waals surface area contributed by atoms with E-state index >= 15 is 0 Å². The van der Waals surface area contributed by atoms with E-state index in [2.05, 4.69) is 19.9 Å². The van der Waals surface area contributed by atoms with Crippen molar-refractivity contribution in [2.45, 2.75) is 33.1 Å². The topological polar surface area (TPSA) is 0 Å². The van der Waals surface area contributed by atoms with Crippen molar-refractivity contribution >= 4 is 11.6 Å². The van der Waals surface area contributed by atoms with Gasteiger partial charge in [-0.05, 0) is 66.8 Å². The average Bonchev–Trinajstić information content (AvgIpc) is 2.36. The van der Waals surface area contributed by atoms with Crippen LogP contribution in [0.25, 0.3) is 0 Å². The van der Waals surface area contributed by atoms with Crippen LogP contribution in [0.3, 0.4) is 0 Å². The average molecular weight is 277 g/mol. The molecular formula is C17H18ClF. The molecule has 0 saturated heterocycles. The van der Waals surface area contributed by atoms with Gasteiger partial charge >= 0.3 is 0 Å². The number of benzene rings is 2. The van der Waals surface area contributed by atoms with E-state index in [9.17, 15) is 4.39 Å². The number of rotatable bonds is 3. The van der Waals surface area contributed by atoms with Crippen LogP contribution in [-0.4, -0.2) is 0 Å². The monoisotopic (exact) mass is 276 g/mol. The van der Waals surface area contributed by atoms with Gasteiger partial charge in [0.05, 0.1) is 0 Å².